The number of nitrogens with zero attached hydrogens (tertiary/aromatic N) is 1. The molecule has 0 spiro atoms. The molecule has 118 valence electrons. The van der Waals surface area contributed by atoms with Crippen LogP contribution < -0.4 is 5.32 Å². The van der Waals surface area contributed by atoms with Crippen molar-refractivity contribution in [2.75, 3.05) is 6.54 Å². The first-order valence-electron chi connectivity index (χ1n) is 7.51. The lowest BCUT2D eigenvalue weighted by molar-refractivity contribution is 0.118. The van der Waals surface area contributed by atoms with Crippen LogP contribution in [-0.2, 0) is 6.54 Å². The van der Waals surface area contributed by atoms with Gasteiger partial charge in [-0.1, -0.05) is 17.7 Å². The maximum Gasteiger partial charge on any atom is 0.317 e. The summed E-state index contributed by atoms with van der Waals surface area (Å²) in [6, 6.07) is 4.18. The lowest BCUT2D eigenvalue weighted by Gasteiger charge is -2.28. The molecule has 0 saturated heterocycles. The van der Waals surface area contributed by atoms with Gasteiger partial charge in [-0.05, 0) is 58.2 Å². The second kappa shape index (κ2) is 7.46. The van der Waals surface area contributed by atoms with Gasteiger partial charge < -0.3 is 15.3 Å². The van der Waals surface area contributed by atoms with Gasteiger partial charge >= 0.3 is 6.03 Å². The van der Waals surface area contributed by atoms with E-state index in [1.54, 1.807) is 11.8 Å². The van der Waals surface area contributed by atoms with Crippen LogP contribution in [0.25, 0.3) is 0 Å². The van der Waals surface area contributed by atoms with Crippen LogP contribution in [0, 0.1) is 20.8 Å². The third-order valence-electron chi connectivity index (χ3n) is 3.60. The number of aliphatic hydroxyl groups is 1. The van der Waals surface area contributed by atoms with E-state index in [0.29, 0.717) is 13.1 Å². The number of aliphatic hydroxyl groups excluding tert-OH is 1. The first-order chi connectivity index (χ1) is 9.72. The number of carbonyl (C=O) groups is 1. The zero-order valence-corrected chi connectivity index (χ0v) is 14.0. The predicted octanol–water partition coefficient (Wildman–Crippen LogP) is 2.91. The second-order valence-corrected chi connectivity index (χ2v) is 6.13. The van der Waals surface area contributed by atoms with Crippen LogP contribution in [0.5, 0.6) is 0 Å². The van der Waals surface area contributed by atoms with Gasteiger partial charge in [0.2, 0.25) is 0 Å². The van der Waals surface area contributed by atoms with Gasteiger partial charge in [0, 0.05) is 19.1 Å². The molecule has 0 fully saturated rings. The number of nitrogens with one attached hydrogen (secondary N) is 1. The fraction of sp³-hybridized carbons (Fsp3) is 0.588. The van der Waals surface area contributed by atoms with Crippen molar-refractivity contribution in [3.63, 3.8) is 0 Å². The van der Waals surface area contributed by atoms with E-state index in [9.17, 15) is 9.90 Å². The van der Waals surface area contributed by atoms with E-state index in [4.69, 9.17) is 0 Å². The van der Waals surface area contributed by atoms with Crippen LogP contribution in [0.1, 0.15) is 43.0 Å². The fourth-order valence-corrected chi connectivity index (χ4v) is 2.57. The van der Waals surface area contributed by atoms with E-state index < -0.39 is 6.10 Å². The van der Waals surface area contributed by atoms with E-state index in [1.807, 2.05) is 13.8 Å². The molecule has 4 heteroatoms. The molecule has 1 aromatic rings. The Bertz CT molecular complexity index is 473. The molecule has 0 aliphatic heterocycles. The van der Waals surface area contributed by atoms with E-state index >= 15 is 0 Å². The smallest absolute Gasteiger partial charge is 0.317 e. The van der Waals surface area contributed by atoms with Gasteiger partial charge in [0.25, 0.3) is 0 Å². The maximum absolute atomic E-state index is 12.3. The van der Waals surface area contributed by atoms with Gasteiger partial charge in [-0.2, -0.15) is 0 Å². The van der Waals surface area contributed by atoms with Gasteiger partial charge in [-0.3, -0.25) is 0 Å². The monoisotopic (exact) mass is 292 g/mol. The Morgan fingerprint density at radius 2 is 1.71 bits per heavy atom. The Morgan fingerprint density at radius 3 is 2.14 bits per heavy atom. The Hall–Kier alpha value is -1.55. The largest absolute Gasteiger partial charge is 0.392 e. The molecule has 2 amide bonds. The summed E-state index contributed by atoms with van der Waals surface area (Å²) in [4.78, 5) is 13.9. The molecule has 1 atom stereocenters. The van der Waals surface area contributed by atoms with Crippen molar-refractivity contribution < 1.29 is 9.90 Å². The van der Waals surface area contributed by atoms with E-state index in [0.717, 1.165) is 5.56 Å². The second-order valence-electron chi connectivity index (χ2n) is 6.13. The maximum atomic E-state index is 12.3. The minimum atomic E-state index is -0.527. The molecule has 0 bridgehead atoms. The summed E-state index contributed by atoms with van der Waals surface area (Å²) in [5.41, 5.74) is 4.78. The third-order valence-corrected chi connectivity index (χ3v) is 3.60. The summed E-state index contributed by atoms with van der Waals surface area (Å²) in [7, 11) is 0. The van der Waals surface area contributed by atoms with E-state index in [-0.39, 0.29) is 12.1 Å². The Morgan fingerprint density at radius 1 is 1.19 bits per heavy atom. The minimum absolute atomic E-state index is 0.0554. The van der Waals surface area contributed by atoms with Gasteiger partial charge in [-0.25, -0.2) is 4.79 Å². The summed E-state index contributed by atoms with van der Waals surface area (Å²) >= 11 is 0. The average Bonchev–Trinajstić information content (AvgIpc) is 2.33. The third kappa shape index (κ3) is 5.05. The van der Waals surface area contributed by atoms with E-state index in [2.05, 4.69) is 38.2 Å². The van der Waals surface area contributed by atoms with Crippen LogP contribution in [-0.4, -0.2) is 34.7 Å². The molecule has 0 radical (unpaired) electrons. The van der Waals surface area contributed by atoms with Gasteiger partial charge in [0.1, 0.15) is 0 Å². The lowest BCUT2D eigenvalue weighted by atomic mass is 10.00. The first-order valence-corrected chi connectivity index (χ1v) is 7.51. The molecule has 0 aliphatic carbocycles. The summed E-state index contributed by atoms with van der Waals surface area (Å²) in [6.07, 6.45) is -0.527. The molecule has 1 rings (SSSR count). The highest BCUT2D eigenvalue weighted by atomic mass is 16.3. The highest BCUT2D eigenvalue weighted by Crippen LogP contribution is 2.16. The molecule has 21 heavy (non-hydrogen) atoms. The lowest BCUT2D eigenvalue weighted by Crippen LogP contribution is -2.46. The fourth-order valence-electron chi connectivity index (χ4n) is 2.57. The molecule has 0 aliphatic rings. The number of amides is 2. The van der Waals surface area contributed by atoms with Crippen molar-refractivity contribution in [2.24, 2.45) is 0 Å². The summed E-state index contributed by atoms with van der Waals surface area (Å²) < 4.78 is 0. The van der Waals surface area contributed by atoms with Crippen molar-refractivity contribution in [3.05, 3.63) is 34.4 Å². The Labute approximate surface area is 128 Å². The summed E-state index contributed by atoms with van der Waals surface area (Å²) in [5, 5.41) is 12.5. The molecular weight excluding hydrogens is 264 g/mol. The topological polar surface area (TPSA) is 52.6 Å². The molecular formula is C17H28N2O2. The number of hydrogen-bond acceptors (Lipinski definition) is 2. The molecule has 0 heterocycles. The van der Waals surface area contributed by atoms with Crippen LogP contribution in [0.3, 0.4) is 0 Å². The molecule has 0 aromatic heterocycles. The summed E-state index contributed by atoms with van der Waals surface area (Å²) in [6.45, 7) is 12.7. The number of rotatable bonds is 5. The SMILES string of the molecule is Cc1cc(C)c(CNC(=O)N(CC(C)O)C(C)C)c(C)c1. The molecule has 1 aromatic carbocycles. The molecule has 1 unspecified atom stereocenters. The van der Waals surface area contributed by atoms with Gasteiger partial charge in [-0.15, -0.1) is 0 Å². The van der Waals surface area contributed by atoms with E-state index in [1.165, 1.54) is 16.7 Å². The average molecular weight is 292 g/mol. The van der Waals surface area contributed by atoms with Crippen molar-refractivity contribution in [1.29, 1.82) is 0 Å². The van der Waals surface area contributed by atoms with Crippen LogP contribution in [0.15, 0.2) is 12.1 Å². The number of carbonyl (C=O) groups excluding carboxylic acids is 1. The number of hydrogen-bond donors (Lipinski definition) is 2. The number of aryl methyl sites for hydroxylation is 3. The Kier molecular flexibility index (Phi) is 6.21. The van der Waals surface area contributed by atoms with Crippen molar-refractivity contribution in [2.45, 2.75) is 60.2 Å². The van der Waals surface area contributed by atoms with Crippen molar-refractivity contribution in [3.8, 4) is 0 Å². The number of urea groups is 1. The predicted molar refractivity (Wildman–Crippen MR) is 86.4 cm³/mol. The normalized spacial score (nSPS) is 12.4. The van der Waals surface area contributed by atoms with Crippen LogP contribution >= 0.6 is 0 Å². The number of benzene rings is 1. The minimum Gasteiger partial charge on any atom is -0.392 e. The van der Waals surface area contributed by atoms with Crippen molar-refractivity contribution in [1.82, 2.24) is 10.2 Å². The molecule has 2 N–H and O–H groups in total. The molecule has 0 saturated carbocycles. The van der Waals surface area contributed by atoms with Crippen molar-refractivity contribution >= 4 is 6.03 Å². The first kappa shape index (κ1) is 17.5. The summed E-state index contributed by atoms with van der Waals surface area (Å²) in [5.74, 6) is 0. The quantitative estimate of drug-likeness (QED) is 0.876. The van der Waals surface area contributed by atoms with Gasteiger partial charge in [0.05, 0.1) is 6.10 Å². The highest BCUT2D eigenvalue weighted by molar-refractivity contribution is 5.74. The zero-order valence-electron chi connectivity index (χ0n) is 14.0. The Balaban J connectivity index is 2.76. The molecule has 4 nitrogen and oxygen atoms in total. The highest BCUT2D eigenvalue weighted by Gasteiger charge is 2.18. The van der Waals surface area contributed by atoms with Crippen LogP contribution in [0.2, 0.25) is 0 Å². The standard InChI is InChI=1S/C17H28N2O2/c1-11(2)19(10-15(6)20)17(21)18-9-16-13(4)7-12(3)8-14(16)5/h7-8,11,15,20H,9-10H2,1-6H3,(H,18,21). The van der Waals surface area contributed by atoms with Crippen LogP contribution in [0.4, 0.5) is 4.79 Å². The zero-order chi connectivity index (χ0) is 16.2. The van der Waals surface area contributed by atoms with Gasteiger partial charge in [0.15, 0.2) is 0 Å².